The molecule has 1 heterocycles. The van der Waals surface area contributed by atoms with Gasteiger partial charge in [0.1, 0.15) is 0 Å². The number of nitrogens with two attached hydrogens (primary N) is 1. The average Bonchev–Trinajstić information content (AvgIpc) is 2.64. The van der Waals surface area contributed by atoms with Gasteiger partial charge < -0.3 is 21.3 Å². The van der Waals surface area contributed by atoms with E-state index in [2.05, 4.69) is 15.5 Å². The van der Waals surface area contributed by atoms with Gasteiger partial charge in [0.05, 0.1) is 11.4 Å². The van der Waals surface area contributed by atoms with E-state index in [-0.39, 0.29) is 11.8 Å². The van der Waals surface area contributed by atoms with Gasteiger partial charge in [0.15, 0.2) is 0 Å². The molecule has 0 saturated carbocycles. The van der Waals surface area contributed by atoms with Crippen molar-refractivity contribution < 1.29 is 9.59 Å². The molecule has 1 aromatic carbocycles. The molecule has 2 rings (SSSR count). The summed E-state index contributed by atoms with van der Waals surface area (Å²) in [6.07, 6.45) is 0.885. The molecule has 0 unspecified atom stereocenters. The zero-order valence-corrected chi connectivity index (χ0v) is 11.4. The molecule has 0 aliphatic carbocycles. The van der Waals surface area contributed by atoms with Crippen LogP contribution in [-0.4, -0.2) is 42.9 Å². The Hall–Kier alpha value is -2.08. The van der Waals surface area contributed by atoms with E-state index < -0.39 is 0 Å². The highest BCUT2D eigenvalue weighted by Gasteiger charge is 2.14. The lowest BCUT2D eigenvalue weighted by atomic mass is 10.2. The molecule has 108 valence electrons. The van der Waals surface area contributed by atoms with Crippen LogP contribution in [0.5, 0.6) is 0 Å². The fourth-order valence-electron chi connectivity index (χ4n) is 2.12. The minimum Gasteiger partial charge on any atom is -0.397 e. The standard InChI is InChI=1S/C14H20N4O2/c15-11-3-1-2-4-12(11)17-14(20)6-9-18-8-5-13(19)16-7-10-18/h1-4H,5-10,15H2,(H,16,19)(H,17,20). The Labute approximate surface area is 118 Å². The largest absolute Gasteiger partial charge is 0.397 e. The van der Waals surface area contributed by atoms with Crippen LogP contribution in [0.25, 0.3) is 0 Å². The number of rotatable bonds is 4. The summed E-state index contributed by atoms with van der Waals surface area (Å²) < 4.78 is 0. The van der Waals surface area contributed by atoms with Crippen LogP contribution in [0.1, 0.15) is 12.8 Å². The molecule has 1 saturated heterocycles. The predicted octanol–water partition coefficient (Wildman–Crippen LogP) is 0.419. The molecule has 0 radical (unpaired) electrons. The maximum atomic E-state index is 11.9. The zero-order valence-electron chi connectivity index (χ0n) is 11.4. The molecule has 2 amide bonds. The molecule has 1 aromatic rings. The van der Waals surface area contributed by atoms with Gasteiger partial charge in [-0.15, -0.1) is 0 Å². The lowest BCUT2D eigenvalue weighted by Gasteiger charge is -2.18. The van der Waals surface area contributed by atoms with Gasteiger partial charge in [0, 0.05) is 39.0 Å². The average molecular weight is 276 g/mol. The SMILES string of the molecule is Nc1ccccc1NC(=O)CCN1CCNC(=O)CC1. The first-order valence-corrected chi connectivity index (χ1v) is 6.78. The Kier molecular flexibility index (Phi) is 4.95. The second-order valence-electron chi connectivity index (χ2n) is 4.83. The number of hydrogen-bond donors (Lipinski definition) is 3. The third-order valence-electron chi connectivity index (χ3n) is 3.30. The third kappa shape index (κ3) is 4.24. The van der Waals surface area contributed by atoms with Gasteiger partial charge in [-0.05, 0) is 12.1 Å². The van der Waals surface area contributed by atoms with Crippen LogP contribution in [0.2, 0.25) is 0 Å². The fourth-order valence-corrected chi connectivity index (χ4v) is 2.12. The highest BCUT2D eigenvalue weighted by molar-refractivity contribution is 5.93. The highest BCUT2D eigenvalue weighted by atomic mass is 16.2. The molecule has 6 nitrogen and oxygen atoms in total. The number of anilines is 2. The first-order chi connectivity index (χ1) is 9.65. The maximum Gasteiger partial charge on any atom is 0.225 e. The Bertz CT molecular complexity index is 490. The van der Waals surface area contributed by atoms with E-state index in [9.17, 15) is 9.59 Å². The third-order valence-corrected chi connectivity index (χ3v) is 3.30. The smallest absolute Gasteiger partial charge is 0.225 e. The summed E-state index contributed by atoms with van der Waals surface area (Å²) in [5, 5.41) is 5.61. The van der Waals surface area contributed by atoms with Gasteiger partial charge in [-0.3, -0.25) is 9.59 Å². The summed E-state index contributed by atoms with van der Waals surface area (Å²) in [4.78, 5) is 25.2. The minimum absolute atomic E-state index is 0.0635. The van der Waals surface area contributed by atoms with E-state index in [1.165, 1.54) is 0 Å². The quantitative estimate of drug-likeness (QED) is 0.696. The highest BCUT2D eigenvalue weighted by Crippen LogP contribution is 2.16. The van der Waals surface area contributed by atoms with Crippen molar-refractivity contribution in [2.24, 2.45) is 0 Å². The van der Waals surface area contributed by atoms with E-state index in [1.807, 2.05) is 12.1 Å². The van der Waals surface area contributed by atoms with Crippen LogP contribution in [0, 0.1) is 0 Å². The summed E-state index contributed by atoms with van der Waals surface area (Å²) in [5.74, 6) is 0.0143. The summed E-state index contributed by atoms with van der Waals surface area (Å²) in [5.41, 5.74) is 6.98. The molecule has 1 aliphatic rings. The molecule has 4 N–H and O–H groups in total. The second-order valence-corrected chi connectivity index (χ2v) is 4.83. The normalized spacial score (nSPS) is 16.3. The van der Waals surface area contributed by atoms with Crippen LogP contribution < -0.4 is 16.4 Å². The van der Waals surface area contributed by atoms with Gasteiger partial charge in [0.25, 0.3) is 0 Å². The van der Waals surface area contributed by atoms with Crippen molar-refractivity contribution in [2.45, 2.75) is 12.8 Å². The van der Waals surface area contributed by atoms with Crippen molar-refractivity contribution in [1.29, 1.82) is 0 Å². The van der Waals surface area contributed by atoms with Crippen molar-refractivity contribution in [3.05, 3.63) is 24.3 Å². The number of carbonyl (C=O) groups is 2. The van der Waals surface area contributed by atoms with Gasteiger partial charge in [-0.1, -0.05) is 12.1 Å². The first-order valence-electron chi connectivity index (χ1n) is 6.78. The lowest BCUT2D eigenvalue weighted by molar-refractivity contribution is -0.120. The van der Waals surface area contributed by atoms with Crippen LogP contribution in [0.4, 0.5) is 11.4 Å². The fraction of sp³-hybridized carbons (Fsp3) is 0.429. The first kappa shape index (κ1) is 14.3. The van der Waals surface area contributed by atoms with Crippen molar-refractivity contribution in [2.75, 3.05) is 37.2 Å². The number of nitrogens with one attached hydrogen (secondary N) is 2. The second kappa shape index (κ2) is 6.91. The Morgan fingerprint density at radius 1 is 1.35 bits per heavy atom. The number of nitrogens with zero attached hydrogens (tertiary/aromatic N) is 1. The molecule has 1 aliphatic heterocycles. The lowest BCUT2D eigenvalue weighted by Crippen LogP contribution is -2.31. The molecular formula is C14H20N4O2. The monoisotopic (exact) mass is 276 g/mol. The molecule has 0 bridgehead atoms. The van der Waals surface area contributed by atoms with E-state index in [0.29, 0.717) is 43.9 Å². The van der Waals surface area contributed by atoms with Crippen molar-refractivity contribution in [3.8, 4) is 0 Å². The van der Waals surface area contributed by atoms with Crippen molar-refractivity contribution in [3.63, 3.8) is 0 Å². The molecule has 0 aromatic heterocycles. The van der Waals surface area contributed by atoms with Gasteiger partial charge in [-0.2, -0.15) is 0 Å². The van der Waals surface area contributed by atoms with Crippen LogP contribution in [-0.2, 0) is 9.59 Å². The molecule has 0 atom stereocenters. The number of amides is 2. The molecule has 20 heavy (non-hydrogen) atoms. The van der Waals surface area contributed by atoms with Crippen molar-refractivity contribution >= 4 is 23.2 Å². The van der Waals surface area contributed by atoms with Crippen LogP contribution in [0.3, 0.4) is 0 Å². The van der Waals surface area contributed by atoms with Crippen LogP contribution >= 0.6 is 0 Å². The van der Waals surface area contributed by atoms with Crippen molar-refractivity contribution in [1.82, 2.24) is 10.2 Å². The topological polar surface area (TPSA) is 87.5 Å². The molecule has 0 spiro atoms. The summed E-state index contributed by atoms with van der Waals surface area (Å²) >= 11 is 0. The maximum absolute atomic E-state index is 11.9. The Morgan fingerprint density at radius 3 is 2.95 bits per heavy atom. The van der Waals surface area contributed by atoms with Gasteiger partial charge in [-0.25, -0.2) is 0 Å². The Morgan fingerprint density at radius 2 is 2.15 bits per heavy atom. The number of carbonyl (C=O) groups excluding carboxylic acids is 2. The van der Waals surface area contributed by atoms with E-state index >= 15 is 0 Å². The number of para-hydroxylation sites is 2. The van der Waals surface area contributed by atoms with Crippen LogP contribution in [0.15, 0.2) is 24.3 Å². The summed E-state index contributed by atoms with van der Waals surface area (Å²) in [7, 11) is 0. The van der Waals surface area contributed by atoms with Gasteiger partial charge >= 0.3 is 0 Å². The van der Waals surface area contributed by atoms with E-state index in [4.69, 9.17) is 5.73 Å². The minimum atomic E-state index is -0.0635. The number of hydrogen-bond acceptors (Lipinski definition) is 4. The van der Waals surface area contributed by atoms with E-state index in [0.717, 1.165) is 6.54 Å². The zero-order chi connectivity index (χ0) is 14.4. The van der Waals surface area contributed by atoms with E-state index in [1.54, 1.807) is 12.1 Å². The number of nitrogen functional groups attached to an aromatic ring is 1. The Balaban J connectivity index is 1.77. The molecule has 6 heteroatoms. The molecular weight excluding hydrogens is 256 g/mol. The summed E-state index contributed by atoms with van der Waals surface area (Å²) in [6.45, 7) is 2.78. The summed E-state index contributed by atoms with van der Waals surface area (Å²) in [6, 6.07) is 7.19. The predicted molar refractivity (Wildman–Crippen MR) is 78.2 cm³/mol. The molecule has 1 fully saturated rings. The van der Waals surface area contributed by atoms with Gasteiger partial charge in [0.2, 0.25) is 11.8 Å². The number of benzene rings is 1.